The quantitative estimate of drug-likeness (QED) is 0.682. The molecule has 1 aromatic heterocycles. The second kappa shape index (κ2) is 2.98. The molecular formula is C11H12N2. The highest BCUT2D eigenvalue weighted by atomic mass is 14.8. The molecule has 3 N–H and O–H groups in total. The molecule has 2 heteroatoms. The van der Waals surface area contributed by atoms with Crippen molar-refractivity contribution in [3.05, 3.63) is 42.1 Å². The summed E-state index contributed by atoms with van der Waals surface area (Å²) < 4.78 is 0. The molecular weight excluding hydrogens is 160 g/mol. The number of hydrogen-bond acceptors (Lipinski definition) is 1. The van der Waals surface area contributed by atoms with Crippen molar-refractivity contribution in [2.45, 2.75) is 6.92 Å². The highest BCUT2D eigenvalue weighted by Gasteiger charge is 1.98. The Kier molecular flexibility index (Phi) is 1.81. The minimum absolute atomic E-state index is 0.705. The second-order valence-electron chi connectivity index (χ2n) is 3.21. The van der Waals surface area contributed by atoms with Crippen molar-refractivity contribution in [3.63, 3.8) is 0 Å². The van der Waals surface area contributed by atoms with Crippen LogP contribution in [0, 0.1) is 6.92 Å². The van der Waals surface area contributed by atoms with Crippen LogP contribution < -0.4 is 5.73 Å². The maximum Gasteiger partial charge on any atom is 0.101 e. The van der Waals surface area contributed by atoms with Gasteiger partial charge in [0.15, 0.2) is 0 Å². The number of aromatic amines is 1. The lowest BCUT2D eigenvalue weighted by molar-refractivity contribution is 1.41. The number of rotatable bonds is 1. The highest BCUT2D eigenvalue weighted by Crippen LogP contribution is 2.21. The van der Waals surface area contributed by atoms with Crippen LogP contribution in [0.2, 0.25) is 0 Å². The smallest absolute Gasteiger partial charge is 0.101 e. The summed E-state index contributed by atoms with van der Waals surface area (Å²) in [6.07, 6.45) is 1.92. The maximum absolute atomic E-state index is 5.60. The van der Waals surface area contributed by atoms with Crippen molar-refractivity contribution in [1.29, 1.82) is 0 Å². The van der Waals surface area contributed by atoms with E-state index in [1.807, 2.05) is 18.3 Å². The van der Waals surface area contributed by atoms with Gasteiger partial charge in [0.25, 0.3) is 0 Å². The summed E-state index contributed by atoms with van der Waals surface area (Å²) >= 11 is 0. The van der Waals surface area contributed by atoms with Gasteiger partial charge in [0, 0.05) is 11.8 Å². The summed E-state index contributed by atoms with van der Waals surface area (Å²) in [6.45, 7) is 2.08. The first-order valence-electron chi connectivity index (χ1n) is 4.26. The van der Waals surface area contributed by atoms with Crippen molar-refractivity contribution in [2.24, 2.45) is 0 Å². The van der Waals surface area contributed by atoms with E-state index in [4.69, 9.17) is 5.73 Å². The first kappa shape index (κ1) is 7.92. The van der Waals surface area contributed by atoms with E-state index in [0.29, 0.717) is 5.82 Å². The number of H-pyrrole nitrogens is 1. The Labute approximate surface area is 77.4 Å². The van der Waals surface area contributed by atoms with Crippen LogP contribution in [0.25, 0.3) is 11.1 Å². The Morgan fingerprint density at radius 3 is 2.62 bits per heavy atom. The monoisotopic (exact) mass is 172 g/mol. The minimum Gasteiger partial charge on any atom is -0.385 e. The van der Waals surface area contributed by atoms with Gasteiger partial charge < -0.3 is 10.7 Å². The van der Waals surface area contributed by atoms with Crippen molar-refractivity contribution >= 4 is 5.82 Å². The van der Waals surface area contributed by atoms with E-state index in [-0.39, 0.29) is 0 Å². The largest absolute Gasteiger partial charge is 0.385 e. The van der Waals surface area contributed by atoms with Gasteiger partial charge in [-0.15, -0.1) is 0 Å². The molecule has 1 aromatic carbocycles. The summed E-state index contributed by atoms with van der Waals surface area (Å²) in [5.41, 5.74) is 9.20. The molecule has 1 heterocycles. The summed E-state index contributed by atoms with van der Waals surface area (Å²) in [7, 11) is 0. The third kappa shape index (κ3) is 1.56. The molecule has 2 aromatic rings. The van der Waals surface area contributed by atoms with Crippen LogP contribution in [-0.2, 0) is 0 Å². The Morgan fingerprint density at radius 2 is 2.00 bits per heavy atom. The lowest BCUT2D eigenvalue weighted by Crippen LogP contribution is -1.80. The summed E-state index contributed by atoms with van der Waals surface area (Å²) in [5.74, 6) is 0.705. The number of anilines is 1. The fourth-order valence-electron chi connectivity index (χ4n) is 1.40. The van der Waals surface area contributed by atoms with Gasteiger partial charge in [0.1, 0.15) is 5.82 Å². The zero-order chi connectivity index (χ0) is 9.26. The fourth-order valence-corrected chi connectivity index (χ4v) is 1.40. The Balaban J connectivity index is 2.46. The highest BCUT2D eigenvalue weighted by molar-refractivity contribution is 5.66. The molecule has 0 bridgehead atoms. The van der Waals surface area contributed by atoms with Gasteiger partial charge in [0.2, 0.25) is 0 Å². The normalized spacial score (nSPS) is 10.2. The van der Waals surface area contributed by atoms with E-state index in [1.165, 1.54) is 11.1 Å². The fraction of sp³-hybridized carbons (Fsp3) is 0.0909. The molecule has 0 amide bonds. The van der Waals surface area contributed by atoms with Crippen LogP contribution in [0.4, 0.5) is 5.82 Å². The number of aromatic nitrogens is 1. The molecule has 0 atom stereocenters. The third-order valence-corrected chi connectivity index (χ3v) is 2.06. The first-order valence-corrected chi connectivity index (χ1v) is 4.26. The zero-order valence-corrected chi connectivity index (χ0v) is 7.54. The number of hydrogen-bond donors (Lipinski definition) is 2. The number of benzene rings is 1. The topological polar surface area (TPSA) is 41.8 Å². The van der Waals surface area contributed by atoms with Crippen LogP contribution in [0.3, 0.4) is 0 Å². The molecule has 0 spiro atoms. The van der Waals surface area contributed by atoms with Gasteiger partial charge in [-0.05, 0) is 18.6 Å². The lowest BCUT2D eigenvalue weighted by atomic mass is 10.1. The number of nitrogen functional groups attached to an aromatic ring is 1. The summed E-state index contributed by atoms with van der Waals surface area (Å²) in [4.78, 5) is 2.96. The van der Waals surface area contributed by atoms with Gasteiger partial charge in [-0.3, -0.25) is 0 Å². The van der Waals surface area contributed by atoms with Crippen molar-refractivity contribution < 1.29 is 0 Å². The summed E-state index contributed by atoms with van der Waals surface area (Å²) in [5, 5.41) is 0. The molecule has 0 unspecified atom stereocenters. The van der Waals surface area contributed by atoms with Crippen LogP contribution in [0.1, 0.15) is 5.56 Å². The van der Waals surface area contributed by atoms with E-state index in [2.05, 4.69) is 30.1 Å². The van der Waals surface area contributed by atoms with Gasteiger partial charge in [-0.1, -0.05) is 29.8 Å². The predicted octanol–water partition coefficient (Wildman–Crippen LogP) is 2.57. The average molecular weight is 172 g/mol. The standard InChI is InChI=1S/C11H12N2/c1-8-3-2-4-9(5-8)10-6-11(12)13-7-10/h2-7,13H,12H2,1H3. The van der Waals surface area contributed by atoms with Gasteiger partial charge >= 0.3 is 0 Å². The maximum atomic E-state index is 5.60. The molecule has 66 valence electrons. The van der Waals surface area contributed by atoms with Crippen molar-refractivity contribution in [3.8, 4) is 11.1 Å². The number of aryl methyl sites for hydroxylation is 1. The van der Waals surface area contributed by atoms with E-state index >= 15 is 0 Å². The molecule has 2 rings (SSSR count). The molecule has 0 saturated carbocycles. The molecule has 0 radical (unpaired) electrons. The first-order chi connectivity index (χ1) is 6.25. The molecule has 0 aliphatic carbocycles. The number of nitrogens with two attached hydrogens (primary N) is 1. The van der Waals surface area contributed by atoms with Crippen LogP contribution in [0.5, 0.6) is 0 Å². The molecule has 0 aliphatic heterocycles. The van der Waals surface area contributed by atoms with Gasteiger partial charge in [-0.2, -0.15) is 0 Å². The molecule has 0 saturated heterocycles. The Morgan fingerprint density at radius 1 is 1.15 bits per heavy atom. The summed E-state index contributed by atoms with van der Waals surface area (Å²) in [6, 6.07) is 10.3. The van der Waals surface area contributed by atoms with Crippen LogP contribution in [0.15, 0.2) is 36.5 Å². The van der Waals surface area contributed by atoms with Crippen LogP contribution in [-0.4, -0.2) is 4.98 Å². The molecule has 0 fully saturated rings. The van der Waals surface area contributed by atoms with E-state index in [9.17, 15) is 0 Å². The van der Waals surface area contributed by atoms with Crippen molar-refractivity contribution in [1.82, 2.24) is 4.98 Å². The van der Waals surface area contributed by atoms with Crippen LogP contribution >= 0.6 is 0 Å². The predicted molar refractivity (Wildman–Crippen MR) is 55.4 cm³/mol. The Bertz CT molecular complexity index is 416. The molecule has 2 nitrogen and oxygen atoms in total. The second-order valence-corrected chi connectivity index (χ2v) is 3.21. The van der Waals surface area contributed by atoms with E-state index in [0.717, 1.165) is 5.56 Å². The SMILES string of the molecule is Cc1cccc(-c2c[nH]c(N)c2)c1. The van der Waals surface area contributed by atoms with E-state index < -0.39 is 0 Å². The van der Waals surface area contributed by atoms with E-state index in [1.54, 1.807) is 0 Å². The van der Waals surface area contributed by atoms with Gasteiger partial charge in [-0.25, -0.2) is 0 Å². The van der Waals surface area contributed by atoms with Gasteiger partial charge in [0.05, 0.1) is 0 Å². The third-order valence-electron chi connectivity index (χ3n) is 2.06. The minimum atomic E-state index is 0.705. The lowest BCUT2D eigenvalue weighted by Gasteiger charge is -1.97. The van der Waals surface area contributed by atoms with Crippen molar-refractivity contribution in [2.75, 3.05) is 5.73 Å². The Hall–Kier alpha value is -1.70. The molecule has 0 aliphatic rings. The zero-order valence-electron chi connectivity index (χ0n) is 7.54. The molecule has 13 heavy (non-hydrogen) atoms. The average Bonchev–Trinajstić information content (AvgIpc) is 2.52. The number of nitrogens with one attached hydrogen (secondary N) is 1.